The largest absolute Gasteiger partial charge is 0.282 e. The van der Waals surface area contributed by atoms with Gasteiger partial charge in [0, 0.05) is 11.6 Å². The molecule has 0 saturated carbocycles. The van der Waals surface area contributed by atoms with E-state index in [2.05, 4.69) is 4.98 Å². The number of hydrogen-bond donors (Lipinski definition) is 0. The molecule has 1 aliphatic heterocycles. The predicted molar refractivity (Wildman–Crippen MR) is 76.9 cm³/mol. The highest BCUT2D eigenvalue weighted by Crippen LogP contribution is 2.26. The molecule has 0 spiro atoms. The highest BCUT2D eigenvalue weighted by molar-refractivity contribution is 7.15. The maximum Gasteiger partial charge on any atom is 0.282 e. The first kappa shape index (κ1) is 12.0. The molecule has 7 heteroatoms. The third-order valence-electron chi connectivity index (χ3n) is 3.36. The van der Waals surface area contributed by atoms with Crippen molar-refractivity contribution in [1.29, 1.82) is 0 Å². The molecule has 4 rings (SSSR count). The molecule has 2 aromatic heterocycles. The first-order valence-electron chi connectivity index (χ1n) is 6.11. The molecule has 0 unspecified atom stereocenters. The number of aromatic nitrogens is 2. The summed E-state index contributed by atoms with van der Waals surface area (Å²) in [6, 6.07) is 6.51. The van der Waals surface area contributed by atoms with E-state index < -0.39 is 17.4 Å². The molecule has 0 atom stereocenters. The van der Waals surface area contributed by atoms with Gasteiger partial charge in [-0.15, -0.1) is 11.3 Å². The Bertz CT molecular complexity index is 938. The molecule has 0 bridgehead atoms. The van der Waals surface area contributed by atoms with Gasteiger partial charge in [0.05, 0.1) is 17.3 Å². The van der Waals surface area contributed by atoms with E-state index in [0.717, 1.165) is 4.90 Å². The summed E-state index contributed by atoms with van der Waals surface area (Å²) in [6.45, 7) is 0. The number of carbonyl (C=O) groups excluding carboxylic acids is 2. The number of carbonyl (C=O) groups is 2. The quantitative estimate of drug-likeness (QED) is 0.639. The van der Waals surface area contributed by atoms with Gasteiger partial charge in [-0.3, -0.25) is 18.8 Å². The zero-order valence-electron chi connectivity index (χ0n) is 10.5. The van der Waals surface area contributed by atoms with Gasteiger partial charge in [0.25, 0.3) is 17.4 Å². The van der Waals surface area contributed by atoms with Crippen LogP contribution in [0.3, 0.4) is 0 Å². The Labute approximate surface area is 121 Å². The summed E-state index contributed by atoms with van der Waals surface area (Å²) >= 11 is 1.31. The average Bonchev–Trinajstić information content (AvgIpc) is 3.06. The molecule has 102 valence electrons. The monoisotopic (exact) mass is 297 g/mol. The number of benzene rings is 1. The van der Waals surface area contributed by atoms with Crippen LogP contribution in [-0.2, 0) is 0 Å². The van der Waals surface area contributed by atoms with E-state index in [1.165, 1.54) is 21.9 Å². The zero-order valence-corrected chi connectivity index (χ0v) is 11.3. The molecule has 3 heterocycles. The fourth-order valence-corrected chi connectivity index (χ4v) is 3.05. The van der Waals surface area contributed by atoms with Gasteiger partial charge in [0.1, 0.15) is 5.69 Å². The van der Waals surface area contributed by atoms with Gasteiger partial charge in [0.15, 0.2) is 4.96 Å². The van der Waals surface area contributed by atoms with Gasteiger partial charge >= 0.3 is 0 Å². The molecular weight excluding hydrogens is 290 g/mol. The lowest BCUT2D eigenvalue weighted by Gasteiger charge is -2.12. The number of hydrogen-bond acceptors (Lipinski definition) is 5. The first-order chi connectivity index (χ1) is 10.2. The van der Waals surface area contributed by atoms with Crippen LogP contribution in [0.2, 0.25) is 0 Å². The predicted octanol–water partition coefficient (Wildman–Crippen LogP) is 1.56. The van der Waals surface area contributed by atoms with Crippen molar-refractivity contribution in [2.45, 2.75) is 0 Å². The van der Waals surface area contributed by atoms with Crippen molar-refractivity contribution < 1.29 is 9.59 Å². The van der Waals surface area contributed by atoms with E-state index >= 15 is 0 Å². The third-order valence-corrected chi connectivity index (χ3v) is 4.13. The van der Waals surface area contributed by atoms with Crippen LogP contribution in [0.5, 0.6) is 0 Å². The molecule has 21 heavy (non-hydrogen) atoms. The topological polar surface area (TPSA) is 71.8 Å². The Morgan fingerprint density at radius 2 is 1.67 bits per heavy atom. The Morgan fingerprint density at radius 1 is 1.00 bits per heavy atom. The van der Waals surface area contributed by atoms with Crippen LogP contribution >= 0.6 is 11.3 Å². The Hall–Kier alpha value is -2.80. The minimum atomic E-state index is -0.496. The van der Waals surface area contributed by atoms with Gasteiger partial charge in [-0.2, -0.15) is 0 Å². The summed E-state index contributed by atoms with van der Waals surface area (Å²) in [5.74, 6) is -0.991. The fraction of sp³-hybridized carbons (Fsp3) is 0. The second kappa shape index (κ2) is 4.10. The van der Waals surface area contributed by atoms with Crippen LogP contribution in [0, 0.1) is 0 Å². The fourth-order valence-electron chi connectivity index (χ4n) is 2.38. The average molecular weight is 297 g/mol. The van der Waals surface area contributed by atoms with Crippen molar-refractivity contribution in [3.8, 4) is 0 Å². The first-order valence-corrected chi connectivity index (χ1v) is 6.99. The van der Waals surface area contributed by atoms with E-state index in [1.54, 1.807) is 35.8 Å². The van der Waals surface area contributed by atoms with Crippen LogP contribution in [-0.4, -0.2) is 21.2 Å². The van der Waals surface area contributed by atoms with E-state index in [-0.39, 0.29) is 5.69 Å². The number of thiazole rings is 1. The van der Waals surface area contributed by atoms with E-state index in [0.29, 0.717) is 16.1 Å². The normalized spacial score (nSPS) is 14.0. The van der Waals surface area contributed by atoms with Gasteiger partial charge in [0.2, 0.25) is 0 Å². The molecule has 0 radical (unpaired) electrons. The number of anilines is 1. The summed E-state index contributed by atoms with van der Waals surface area (Å²) in [4.78, 5) is 42.7. The van der Waals surface area contributed by atoms with Crippen molar-refractivity contribution in [3.05, 3.63) is 63.5 Å². The molecule has 0 saturated heterocycles. The van der Waals surface area contributed by atoms with Crippen molar-refractivity contribution in [2.75, 3.05) is 4.90 Å². The van der Waals surface area contributed by atoms with Crippen LogP contribution in [0.1, 0.15) is 20.7 Å². The summed E-state index contributed by atoms with van der Waals surface area (Å²) < 4.78 is 1.32. The molecule has 2 amide bonds. The van der Waals surface area contributed by atoms with Crippen molar-refractivity contribution in [1.82, 2.24) is 9.38 Å². The number of fused-ring (bicyclic) bond motifs is 2. The van der Waals surface area contributed by atoms with Crippen molar-refractivity contribution >= 4 is 33.8 Å². The minimum Gasteiger partial charge on any atom is -0.268 e. The highest BCUT2D eigenvalue weighted by Gasteiger charge is 2.38. The second-order valence-electron chi connectivity index (χ2n) is 4.50. The maximum absolute atomic E-state index is 12.4. The smallest absolute Gasteiger partial charge is 0.268 e. The molecule has 1 aliphatic rings. The van der Waals surface area contributed by atoms with Crippen LogP contribution in [0.4, 0.5) is 5.69 Å². The second-order valence-corrected chi connectivity index (χ2v) is 5.37. The molecular formula is C14H7N3O3S. The lowest BCUT2D eigenvalue weighted by molar-refractivity contribution is 0.0925. The molecule has 0 N–H and O–H groups in total. The lowest BCUT2D eigenvalue weighted by Crippen LogP contribution is -2.35. The summed E-state index contributed by atoms with van der Waals surface area (Å²) in [5.41, 5.74) is 0.141. The molecule has 0 aliphatic carbocycles. The van der Waals surface area contributed by atoms with Crippen LogP contribution in [0.15, 0.2) is 46.8 Å². The van der Waals surface area contributed by atoms with Crippen LogP contribution < -0.4 is 10.5 Å². The number of rotatable bonds is 1. The van der Waals surface area contributed by atoms with Gasteiger partial charge in [-0.25, -0.2) is 9.88 Å². The SMILES string of the molecule is O=C1c2ccccc2C(=O)N1c1cnc2sccn2c1=O. The minimum absolute atomic E-state index is 0.0305. The zero-order chi connectivity index (χ0) is 14.6. The number of nitrogens with zero attached hydrogens (tertiary/aromatic N) is 3. The van der Waals surface area contributed by atoms with Gasteiger partial charge in [-0.1, -0.05) is 12.1 Å². The Morgan fingerprint density at radius 3 is 2.33 bits per heavy atom. The van der Waals surface area contributed by atoms with E-state index in [4.69, 9.17) is 0 Å². The molecule has 3 aromatic rings. The standard InChI is InChI=1S/C14H7N3O3S/c18-11-8-3-1-2-4-9(8)12(19)17(11)10-7-15-14-16(13(10)20)5-6-21-14/h1-7H. The summed E-state index contributed by atoms with van der Waals surface area (Å²) in [6.07, 6.45) is 2.84. The Kier molecular flexibility index (Phi) is 2.34. The van der Waals surface area contributed by atoms with Gasteiger partial charge in [-0.05, 0) is 12.1 Å². The van der Waals surface area contributed by atoms with E-state index in [1.807, 2.05) is 0 Å². The molecule has 6 nitrogen and oxygen atoms in total. The molecule has 0 fully saturated rings. The number of imide groups is 1. The third kappa shape index (κ3) is 1.52. The number of amides is 2. The van der Waals surface area contributed by atoms with Crippen molar-refractivity contribution in [3.63, 3.8) is 0 Å². The Balaban J connectivity index is 1.95. The summed E-state index contributed by atoms with van der Waals surface area (Å²) in [5, 5.41) is 1.72. The summed E-state index contributed by atoms with van der Waals surface area (Å²) in [7, 11) is 0. The maximum atomic E-state index is 12.4. The van der Waals surface area contributed by atoms with Crippen LogP contribution in [0.25, 0.3) is 4.96 Å². The van der Waals surface area contributed by atoms with E-state index in [9.17, 15) is 14.4 Å². The lowest BCUT2D eigenvalue weighted by atomic mass is 10.1. The van der Waals surface area contributed by atoms with Gasteiger partial charge < -0.3 is 0 Å². The van der Waals surface area contributed by atoms with Crippen molar-refractivity contribution in [2.24, 2.45) is 0 Å². The molecule has 1 aromatic carbocycles. The highest BCUT2D eigenvalue weighted by atomic mass is 32.1.